The van der Waals surface area contributed by atoms with E-state index in [0.717, 1.165) is 5.56 Å². The number of aliphatic hydroxyl groups is 1. The zero-order chi connectivity index (χ0) is 16.3. The SMILES string of the molecule is COc1ccc(CN2C(=O)[C@@H](OC(N)=O)[C@@H]2CO)c(OC)c1. The fourth-order valence-corrected chi connectivity index (χ4v) is 2.38. The molecule has 1 saturated heterocycles. The highest BCUT2D eigenvalue weighted by Gasteiger charge is 2.49. The summed E-state index contributed by atoms with van der Waals surface area (Å²) in [6.45, 7) is -0.113. The standard InChI is InChI=1S/C14H18N2O6/c1-20-9-4-3-8(11(5-9)21-2)6-16-10(7-17)12(13(16)18)22-14(15)19/h3-5,10,12,17H,6-7H2,1-2H3,(H2,15,19)/t10-,12-/m0/s1. The van der Waals surface area contributed by atoms with Gasteiger partial charge in [-0.15, -0.1) is 0 Å². The second kappa shape index (κ2) is 6.52. The van der Waals surface area contributed by atoms with Gasteiger partial charge in [-0.1, -0.05) is 0 Å². The molecule has 0 radical (unpaired) electrons. The molecule has 1 aliphatic heterocycles. The fourth-order valence-electron chi connectivity index (χ4n) is 2.38. The number of likely N-dealkylation sites (tertiary alicyclic amines) is 1. The molecule has 120 valence electrons. The van der Waals surface area contributed by atoms with Crippen LogP contribution in [0.5, 0.6) is 11.5 Å². The third kappa shape index (κ3) is 2.91. The van der Waals surface area contributed by atoms with E-state index in [2.05, 4.69) is 0 Å². The van der Waals surface area contributed by atoms with Gasteiger partial charge in [0.1, 0.15) is 17.5 Å². The number of amides is 2. The van der Waals surface area contributed by atoms with Crippen LogP contribution in [0.25, 0.3) is 0 Å². The van der Waals surface area contributed by atoms with Crippen LogP contribution in [0.15, 0.2) is 18.2 Å². The molecule has 1 aromatic carbocycles. The van der Waals surface area contributed by atoms with Crippen molar-refractivity contribution in [3.8, 4) is 11.5 Å². The lowest BCUT2D eigenvalue weighted by Crippen LogP contribution is -2.67. The summed E-state index contributed by atoms with van der Waals surface area (Å²) in [5.74, 6) is 0.781. The first-order valence-corrected chi connectivity index (χ1v) is 6.60. The molecule has 1 heterocycles. The van der Waals surface area contributed by atoms with Crippen molar-refractivity contribution in [1.82, 2.24) is 4.90 Å². The number of aliphatic hydroxyl groups excluding tert-OH is 1. The number of primary amides is 1. The number of benzene rings is 1. The molecule has 1 aromatic rings. The molecule has 3 N–H and O–H groups in total. The van der Waals surface area contributed by atoms with Crippen LogP contribution in [0.1, 0.15) is 5.56 Å². The Labute approximate surface area is 127 Å². The number of ether oxygens (including phenoxy) is 3. The molecule has 0 bridgehead atoms. The Bertz CT molecular complexity index is 576. The number of nitrogens with two attached hydrogens (primary N) is 1. The number of hydrogen-bond donors (Lipinski definition) is 2. The molecule has 0 aromatic heterocycles. The Morgan fingerprint density at radius 2 is 2.09 bits per heavy atom. The topological polar surface area (TPSA) is 111 Å². The molecule has 2 rings (SSSR count). The summed E-state index contributed by atoms with van der Waals surface area (Å²) in [5.41, 5.74) is 5.65. The summed E-state index contributed by atoms with van der Waals surface area (Å²) in [7, 11) is 3.06. The van der Waals surface area contributed by atoms with Gasteiger partial charge in [0.25, 0.3) is 5.91 Å². The summed E-state index contributed by atoms with van der Waals surface area (Å²) >= 11 is 0. The Morgan fingerprint density at radius 1 is 1.36 bits per heavy atom. The van der Waals surface area contributed by atoms with Crippen LogP contribution in [0.4, 0.5) is 4.79 Å². The predicted molar refractivity (Wildman–Crippen MR) is 75.4 cm³/mol. The van der Waals surface area contributed by atoms with Crippen molar-refractivity contribution in [1.29, 1.82) is 0 Å². The first-order chi connectivity index (χ1) is 10.5. The van der Waals surface area contributed by atoms with Crippen LogP contribution < -0.4 is 15.2 Å². The van der Waals surface area contributed by atoms with Crippen molar-refractivity contribution >= 4 is 12.0 Å². The maximum atomic E-state index is 12.0. The van der Waals surface area contributed by atoms with Crippen molar-refractivity contribution in [3.05, 3.63) is 23.8 Å². The molecular formula is C14H18N2O6. The van der Waals surface area contributed by atoms with Gasteiger partial charge in [-0.25, -0.2) is 4.79 Å². The number of methoxy groups -OCH3 is 2. The van der Waals surface area contributed by atoms with Crippen molar-refractivity contribution in [2.24, 2.45) is 5.73 Å². The molecule has 0 aliphatic carbocycles. The number of rotatable bonds is 6. The van der Waals surface area contributed by atoms with E-state index < -0.39 is 24.1 Å². The fraction of sp³-hybridized carbons (Fsp3) is 0.429. The molecule has 1 fully saturated rings. The molecular weight excluding hydrogens is 292 g/mol. The van der Waals surface area contributed by atoms with Gasteiger partial charge < -0.3 is 30.0 Å². The lowest BCUT2D eigenvalue weighted by atomic mass is 9.97. The maximum absolute atomic E-state index is 12.0. The highest BCUT2D eigenvalue weighted by atomic mass is 16.6. The average Bonchev–Trinajstić information content (AvgIpc) is 2.52. The van der Waals surface area contributed by atoms with Gasteiger partial charge in [0, 0.05) is 11.6 Å². The van der Waals surface area contributed by atoms with Crippen LogP contribution in [0.2, 0.25) is 0 Å². The summed E-state index contributed by atoms with van der Waals surface area (Å²) in [6, 6.07) is 4.59. The molecule has 0 unspecified atom stereocenters. The summed E-state index contributed by atoms with van der Waals surface area (Å²) < 4.78 is 15.1. The molecule has 1 aliphatic rings. The number of carbonyl (C=O) groups is 2. The van der Waals surface area contributed by atoms with Gasteiger partial charge in [-0.2, -0.15) is 0 Å². The molecule has 0 spiro atoms. The average molecular weight is 310 g/mol. The Morgan fingerprint density at radius 3 is 2.64 bits per heavy atom. The van der Waals surface area contributed by atoms with E-state index in [1.807, 2.05) is 0 Å². The molecule has 0 saturated carbocycles. The van der Waals surface area contributed by atoms with E-state index in [-0.39, 0.29) is 13.2 Å². The molecule has 22 heavy (non-hydrogen) atoms. The van der Waals surface area contributed by atoms with Crippen LogP contribution in [0, 0.1) is 0 Å². The Hall–Kier alpha value is -2.48. The minimum absolute atomic E-state index is 0.218. The van der Waals surface area contributed by atoms with Gasteiger partial charge in [-0.05, 0) is 12.1 Å². The van der Waals surface area contributed by atoms with Crippen molar-refractivity contribution < 1.29 is 28.9 Å². The van der Waals surface area contributed by atoms with Crippen LogP contribution in [-0.4, -0.2) is 55.0 Å². The maximum Gasteiger partial charge on any atom is 0.405 e. The van der Waals surface area contributed by atoms with E-state index in [1.54, 1.807) is 25.3 Å². The van der Waals surface area contributed by atoms with Crippen molar-refractivity contribution in [2.75, 3.05) is 20.8 Å². The largest absolute Gasteiger partial charge is 0.497 e. The third-order valence-electron chi connectivity index (χ3n) is 3.54. The van der Waals surface area contributed by atoms with Gasteiger partial charge in [0.05, 0.1) is 27.4 Å². The first kappa shape index (κ1) is 15.9. The molecule has 2 atom stereocenters. The monoisotopic (exact) mass is 310 g/mol. The summed E-state index contributed by atoms with van der Waals surface area (Å²) in [4.78, 5) is 24.2. The lowest BCUT2D eigenvalue weighted by Gasteiger charge is -2.45. The lowest BCUT2D eigenvalue weighted by molar-refractivity contribution is -0.171. The molecule has 8 nitrogen and oxygen atoms in total. The summed E-state index contributed by atoms with van der Waals surface area (Å²) in [5, 5.41) is 9.37. The quantitative estimate of drug-likeness (QED) is 0.708. The molecule has 2 amide bonds. The van der Waals surface area contributed by atoms with E-state index >= 15 is 0 Å². The second-order valence-corrected chi connectivity index (χ2v) is 4.75. The van der Waals surface area contributed by atoms with Crippen molar-refractivity contribution in [2.45, 2.75) is 18.7 Å². The van der Waals surface area contributed by atoms with Gasteiger partial charge in [0.15, 0.2) is 0 Å². The highest BCUT2D eigenvalue weighted by Crippen LogP contribution is 2.30. The van der Waals surface area contributed by atoms with E-state index in [4.69, 9.17) is 19.9 Å². The van der Waals surface area contributed by atoms with Gasteiger partial charge in [-0.3, -0.25) is 4.79 Å². The first-order valence-electron chi connectivity index (χ1n) is 6.60. The Balaban J connectivity index is 2.14. The van der Waals surface area contributed by atoms with Gasteiger partial charge in [0.2, 0.25) is 6.10 Å². The van der Waals surface area contributed by atoms with Crippen LogP contribution in [0.3, 0.4) is 0 Å². The number of nitrogens with zero attached hydrogens (tertiary/aromatic N) is 1. The van der Waals surface area contributed by atoms with Crippen LogP contribution in [-0.2, 0) is 16.1 Å². The zero-order valence-corrected chi connectivity index (χ0v) is 12.3. The van der Waals surface area contributed by atoms with E-state index in [0.29, 0.717) is 11.5 Å². The normalized spacial score (nSPS) is 20.3. The zero-order valence-electron chi connectivity index (χ0n) is 12.3. The van der Waals surface area contributed by atoms with Gasteiger partial charge >= 0.3 is 6.09 Å². The summed E-state index contributed by atoms with van der Waals surface area (Å²) in [6.07, 6.45) is -2.08. The minimum atomic E-state index is -1.04. The van der Waals surface area contributed by atoms with E-state index in [9.17, 15) is 14.7 Å². The Kier molecular flexibility index (Phi) is 4.71. The highest BCUT2D eigenvalue weighted by molar-refractivity contribution is 5.90. The van der Waals surface area contributed by atoms with Crippen molar-refractivity contribution in [3.63, 3.8) is 0 Å². The number of carbonyl (C=O) groups excluding carboxylic acids is 2. The number of hydrogen-bond acceptors (Lipinski definition) is 6. The van der Waals surface area contributed by atoms with E-state index in [1.165, 1.54) is 12.0 Å². The number of β-lactam (4-membered cyclic amide) rings is 1. The second-order valence-electron chi connectivity index (χ2n) is 4.75. The third-order valence-corrected chi connectivity index (χ3v) is 3.54. The smallest absolute Gasteiger partial charge is 0.405 e. The van der Waals surface area contributed by atoms with Crippen LogP contribution >= 0.6 is 0 Å². The predicted octanol–water partition coefficient (Wildman–Crippen LogP) is -0.129. The minimum Gasteiger partial charge on any atom is -0.497 e. The molecule has 8 heteroatoms.